The first-order chi connectivity index (χ1) is 12.2. The minimum Gasteiger partial charge on any atom is -0.508 e. The van der Waals surface area contributed by atoms with Crippen molar-refractivity contribution in [3.8, 4) is 17.2 Å². The minimum atomic E-state index is -1.06. The first kappa shape index (κ1) is 18.4. The Morgan fingerprint density at radius 1 is 1.19 bits per heavy atom. The van der Waals surface area contributed by atoms with Crippen LogP contribution in [0.1, 0.15) is 35.8 Å². The maximum absolute atomic E-state index is 11.3. The van der Waals surface area contributed by atoms with Crippen LogP contribution in [0.3, 0.4) is 0 Å². The summed E-state index contributed by atoms with van der Waals surface area (Å²) in [5.41, 5.74) is 1.43. The lowest BCUT2D eigenvalue weighted by Crippen LogP contribution is -2.03. The molecule has 2 N–H and O–H groups in total. The monoisotopic (exact) mass is 393 g/mol. The summed E-state index contributed by atoms with van der Waals surface area (Å²) >= 11 is 12.8. The Morgan fingerprint density at radius 2 is 1.88 bits per heavy atom. The van der Waals surface area contributed by atoms with E-state index in [0.29, 0.717) is 16.7 Å². The highest BCUT2D eigenvalue weighted by molar-refractivity contribution is 6.41. The number of hydrogen-bond acceptors (Lipinski definition) is 3. The lowest BCUT2D eigenvalue weighted by atomic mass is 10.0. The second-order valence-corrected chi connectivity index (χ2v) is 7.09. The topological polar surface area (TPSA) is 71.7 Å². The van der Waals surface area contributed by atoms with Crippen molar-refractivity contribution in [3.05, 3.63) is 51.6 Å². The van der Waals surface area contributed by atoms with Gasteiger partial charge < -0.3 is 19.5 Å². The zero-order valence-corrected chi connectivity index (χ0v) is 15.9. The van der Waals surface area contributed by atoms with E-state index in [2.05, 4.69) is 0 Å². The number of nitrogens with zero attached hydrogens (tertiary/aromatic N) is 1. The zero-order valence-electron chi connectivity index (χ0n) is 14.4. The van der Waals surface area contributed by atoms with Crippen LogP contribution in [0.4, 0.5) is 0 Å². The van der Waals surface area contributed by atoms with Crippen molar-refractivity contribution in [3.63, 3.8) is 0 Å². The number of aromatic nitrogens is 1. The molecule has 0 fully saturated rings. The standard InChI is InChI=1S/C19H17Cl2NO4/c1-9(2)11-6-10(4-5-16(11)23)26-18-13(20)8-14-12(17(18)21)7-15(19(24)25)22(14)3/h4-9,23H,1-3H3,(H,24,25). The SMILES string of the molecule is CC(C)c1cc(Oc2c(Cl)cc3c(cc(C(=O)O)n3C)c2Cl)ccc1O. The summed E-state index contributed by atoms with van der Waals surface area (Å²) in [4.78, 5) is 11.3. The van der Waals surface area contributed by atoms with Gasteiger partial charge in [-0.2, -0.15) is 0 Å². The highest BCUT2D eigenvalue weighted by atomic mass is 35.5. The Hall–Kier alpha value is -2.37. The molecule has 136 valence electrons. The van der Waals surface area contributed by atoms with Gasteiger partial charge in [-0.3, -0.25) is 0 Å². The number of phenols is 1. The lowest BCUT2D eigenvalue weighted by Gasteiger charge is -2.14. The van der Waals surface area contributed by atoms with Crippen LogP contribution in [0.5, 0.6) is 17.2 Å². The Morgan fingerprint density at radius 3 is 2.50 bits per heavy atom. The van der Waals surface area contributed by atoms with E-state index in [4.69, 9.17) is 27.9 Å². The number of hydrogen-bond donors (Lipinski definition) is 2. The first-order valence-corrected chi connectivity index (χ1v) is 8.67. The van der Waals surface area contributed by atoms with Crippen LogP contribution in [0, 0.1) is 0 Å². The summed E-state index contributed by atoms with van der Waals surface area (Å²) in [7, 11) is 1.63. The second kappa shape index (κ2) is 6.74. The first-order valence-electron chi connectivity index (χ1n) is 7.92. The van der Waals surface area contributed by atoms with Gasteiger partial charge in [-0.15, -0.1) is 0 Å². The summed E-state index contributed by atoms with van der Waals surface area (Å²) in [6.45, 7) is 3.92. The van der Waals surface area contributed by atoms with Crippen molar-refractivity contribution in [2.45, 2.75) is 19.8 Å². The summed E-state index contributed by atoms with van der Waals surface area (Å²) in [6, 6.07) is 8.00. The summed E-state index contributed by atoms with van der Waals surface area (Å²) in [6.07, 6.45) is 0. The molecule has 0 saturated heterocycles. The van der Waals surface area contributed by atoms with E-state index in [9.17, 15) is 15.0 Å². The van der Waals surface area contributed by atoms with Crippen LogP contribution < -0.4 is 4.74 Å². The van der Waals surface area contributed by atoms with Crippen LogP contribution in [0.15, 0.2) is 30.3 Å². The Kier molecular flexibility index (Phi) is 4.78. The zero-order chi connectivity index (χ0) is 19.2. The number of fused-ring (bicyclic) bond motifs is 1. The number of aryl methyl sites for hydroxylation is 1. The average Bonchev–Trinajstić information content (AvgIpc) is 2.90. The number of benzene rings is 2. The number of phenolic OH excluding ortho intramolecular Hbond substituents is 1. The average molecular weight is 394 g/mol. The molecular weight excluding hydrogens is 377 g/mol. The predicted octanol–water partition coefficient (Wildman–Crippen LogP) is 5.80. The summed E-state index contributed by atoms with van der Waals surface area (Å²) in [5, 5.41) is 20.3. The molecule has 0 aliphatic rings. The fraction of sp³-hybridized carbons (Fsp3) is 0.211. The molecule has 1 heterocycles. The molecule has 0 aliphatic heterocycles. The number of carbonyl (C=O) groups is 1. The van der Waals surface area contributed by atoms with Gasteiger partial charge in [-0.25, -0.2) is 4.79 Å². The molecule has 0 radical (unpaired) electrons. The largest absolute Gasteiger partial charge is 0.508 e. The van der Waals surface area contributed by atoms with Crippen LogP contribution in [0.2, 0.25) is 10.0 Å². The van der Waals surface area contributed by atoms with Crippen LogP contribution >= 0.6 is 23.2 Å². The maximum atomic E-state index is 11.3. The third kappa shape index (κ3) is 3.08. The third-order valence-corrected chi connectivity index (χ3v) is 4.91. The van der Waals surface area contributed by atoms with Gasteiger partial charge in [0.05, 0.1) is 15.6 Å². The quantitative estimate of drug-likeness (QED) is 0.586. The van der Waals surface area contributed by atoms with Gasteiger partial charge in [-0.05, 0) is 36.2 Å². The van der Waals surface area contributed by atoms with Crippen molar-refractivity contribution >= 4 is 40.1 Å². The maximum Gasteiger partial charge on any atom is 0.352 e. The number of carboxylic acid groups (broad SMARTS) is 1. The smallest absolute Gasteiger partial charge is 0.352 e. The Labute approximate surface area is 160 Å². The van der Waals surface area contributed by atoms with E-state index in [1.165, 1.54) is 10.6 Å². The highest BCUT2D eigenvalue weighted by Gasteiger charge is 2.20. The van der Waals surface area contributed by atoms with E-state index >= 15 is 0 Å². The molecule has 1 aromatic heterocycles. The molecule has 3 rings (SSSR count). The van der Waals surface area contributed by atoms with E-state index < -0.39 is 5.97 Å². The molecule has 0 amide bonds. The van der Waals surface area contributed by atoms with E-state index in [1.807, 2.05) is 13.8 Å². The minimum absolute atomic E-state index is 0.0989. The molecule has 0 bridgehead atoms. The fourth-order valence-corrected chi connectivity index (χ4v) is 3.43. The molecule has 0 atom stereocenters. The molecule has 0 saturated carbocycles. The number of carboxylic acids is 1. The molecule has 0 spiro atoms. The molecular formula is C19H17Cl2NO4. The predicted molar refractivity (Wildman–Crippen MR) is 102 cm³/mol. The normalized spacial score (nSPS) is 11.3. The van der Waals surface area contributed by atoms with Gasteiger partial charge in [-0.1, -0.05) is 37.0 Å². The molecule has 26 heavy (non-hydrogen) atoms. The van der Waals surface area contributed by atoms with Crippen LogP contribution in [-0.4, -0.2) is 20.7 Å². The van der Waals surface area contributed by atoms with E-state index in [0.717, 1.165) is 5.56 Å². The number of ether oxygens (including phenoxy) is 1. The van der Waals surface area contributed by atoms with E-state index in [-0.39, 0.29) is 33.2 Å². The van der Waals surface area contributed by atoms with Crippen molar-refractivity contribution in [2.75, 3.05) is 0 Å². The van der Waals surface area contributed by atoms with Crippen LogP contribution in [0.25, 0.3) is 10.9 Å². The molecule has 5 nitrogen and oxygen atoms in total. The molecule has 3 aromatic rings. The van der Waals surface area contributed by atoms with Gasteiger partial charge in [0, 0.05) is 18.0 Å². The van der Waals surface area contributed by atoms with Crippen LogP contribution in [-0.2, 0) is 7.05 Å². The second-order valence-electron chi connectivity index (χ2n) is 6.31. The number of aromatic hydroxyl groups is 1. The lowest BCUT2D eigenvalue weighted by molar-refractivity contribution is 0.0687. The van der Waals surface area contributed by atoms with Crippen molar-refractivity contribution in [2.24, 2.45) is 7.05 Å². The Bertz CT molecular complexity index is 1020. The van der Waals surface area contributed by atoms with Gasteiger partial charge in [0.15, 0.2) is 5.75 Å². The number of rotatable bonds is 4. The Balaban J connectivity index is 2.11. The van der Waals surface area contributed by atoms with Crippen molar-refractivity contribution < 1.29 is 19.7 Å². The van der Waals surface area contributed by atoms with Crippen molar-refractivity contribution in [1.29, 1.82) is 0 Å². The third-order valence-electron chi connectivity index (χ3n) is 4.26. The van der Waals surface area contributed by atoms with E-state index in [1.54, 1.807) is 31.3 Å². The number of halogens is 2. The summed E-state index contributed by atoms with van der Waals surface area (Å²) < 4.78 is 7.38. The van der Waals surface area contributed by atoms with Gasteiger partial charge >= 0.3 is 5.97 Å². The molecule has 0 unspecified atom stereocenters. The number of aromatic carboxylic acids is 1. The van der Waals surface area contributed by atoms with Crippen molar-refractivity contribution in [1.82, 2.24) is 4.57 Å². The molecule has 2 aromatic carbocycles. The van der Waals surface area contributed by atoms with Gasteiger partial charge in [0.1, 0.15) is 17.2 Å². The summed E-state index contributed by atoms with van der Waals surface area (Å²) in [5.74, 6) is -0.0420. The van der Waals surface area contributed by atoms with Gasteiger partial charge in [0.2, 0.25) is 0 Å². The van der Waals surface area contributed by atoms with Gasteiger partial charge in [0.25, 0.3) is 0 Å². The molecule has 7 heteroatoms. The fourth-order valence-electron chi connectivity index (χ4n) is 2.86. The highest BCUT2D eigenvalue weighted by Crippen LogP contribution is 2.43. The molecule has 0 aliphatic carbocycles.